The minimum atomic E-state index is -0.0637. The second-order valence-electron chi connectivity index (χ2n) is 3.12. The van der Waals surface area contributed by atoms with Crippen molar-refractivity contribution in [3.63, 3.8) is 0 Å². The predicted molar refractivity (Wildman–Crippen MR) is 74.5 cm³/mol. The summed E-state index contributed by atoms with van der Waals surface area (Å²) < 4.78 is 0. The Balaban J connectivity index is 0.000000581. The highest BCUT2D eigenvalue weighted by Crippen LogP contribution is 2.11. The van der Waals surface area contributed by atoms with Gasteiger partial charge in [0.25, 0.3) is 5.56 Å². The van der Waals surface area contributed by atoms with Crippen LogP contribution >= 0.6 is 0 Å². The summed E-state index contributed by atoms with van der Waals surface area (Å²) in [6, 6.07) is 5.60. The second kappa shape index (κ2) is 7.60. The molecule has 0 saturated carbocycles. The Morgan fingerprint density at radius 1 is 1.06 bits per heavy atom. The summed E-state index contributed by atoms with van der Waals surface area (Å²) in [7, 11) is 0. The molecule has 3 heteroatoms. The zero-order valence-electron chi connectivity index (χ0n) is 11.6. The van der Waals surface area contributed by atoms with Crippen LogP contribution in [0, 0.1) is 13.8 Å². The summed E-state index contributed by atoms with van der Waals surface area (Å²) in [5.41, 5.74) is 1.77. The third-order valence-electron chi connectivity index (χ3n) is 2.06. The van der Waals surface area contributed by atoms with Crippen LogP contribution in [0.2, 0.25) is 0 Å². The van der Waals surface area contributed by atoms with Crippen molar-refractivity contribution < 1.29 is 0 Å². The van der Waals surface area contributed by atoms with E-state index in [4.69, 9.17) is 0 Å². The van der Waals surface area contributed by atoms with Crippen molar-refractivity contribution in [2.75, 3.05) is 0 Å². The van der Waals surface area contributed by atoms with Gasteiger partial charge in [0.05, 0.1) is 10.9 Å². The first-order valence-corrected chi connectivity index (χ1v) is 6.15. The first-order valence-electron chi connectivity index (χ1n) is 6.15. The maximum atomic E-state index is 11.5. The van der Waals surface area contributed by atoms with E-state index < -0.39 is 0 Å². The van der Waals surface area contributed by atoms with Gasteiger partial charge in [-0.2, -0.15) is 0 Å². The Hall–Kier alpha value is -1.64. The molecule has 1 aromatic heterocycles. The van der Waals surface area contributed by atoms with E-state index in [9.17, 15) is 4.79 Å². The summed E-state index contributed by atoms with van der Waals surface area (Å²) in [5, 5.41) is 0.658. The van der Waals surface area contributed by atoms with Crippen LogP contribution in [-0.2, 0) is 0 Å². The van der Waals surface area contributed by atoms with Gasteiger partial charge in [-0.25, -0.2) is 4.98 Å². The maximum absolute atomic E-state index is 11.5. The number of aryl methyl sites for hydroxylation is 2. The molecule has 17 heavy (non-hydrogen) atoms. The number of para-hydroxylation sites is 1. The molecule has 94 valence electrons. The van der Waals surface area contributed by atoms with E-state index in [1.165, 1.54) is 0 Å². The van der Waals surface area contributed by atoms with Crippen LogP contribution < -0.4 is 5.56 Å². The first kappa shape index (κ1) is 15.4. The molecule has 0 atom stereocenters. The number of H-pyrrole nitrogens is 1. The summed E-state index contributed by atoms with van der Waals surface area (Å²) in [6.07, 6.45) is 0. The molecule has 1 heterocycles. The molecular weight excluding hydrogens is 212 g/mol. The smallest absolute Gasteiger partial charge is 0.258 e. The number of aromatic nitrogens is 2. The molecule has 0 aliphatic rings. The van der Waals surface area contributed by atoms with Crippen molar-refractivity contribution in [3.05, 3.63) is 39.9 Å². The fourth-order valence-corrected chi connectivity index (χ4v) is 1.42. The summed E-state index contributed by atoms with van der Waals surface area (Å²) in [4.78, 5) is 18.4. The molecule has 0 bridgehead atoms. The normalized spacial score (nSPS) is 8.82. The van der Waals surface area contributed by atoms with Crippen LogP contribution in [0.5, 0.6) is 0 Å². The van der Waals surface area contributed by atoms with Crippen LogP contribution in [0.1, 0.15) is 39.1 Å². The van der Waals surface area contributed by atoms with Crippen molar-refractivity contribution in [2.24, 2.45) is 0 Å². The van der Waals surface area contributed by atoms with E-state index in [1.807, 2.05) is 46.8 Å². The van der Waals surface area contributed by atoms with E-state index in [1.54, 1.807) is 13.0 Å². The van der Waals surface area contributed by atoms with E-state index in [0.29, 0.717) is 11.2 Å². The van der Waals surface area contributed by atoms with Gasteiger partial charge in [0, 0.05) is 0 Å². The SMILES string of the molecule is CC.CC.Cc1nc2c(C)cccc2c(=O)[nH]1. The molecule has 0 radical (unpaired) electrons. The maximum Gasteiger partial charge on any atom is 0.258 e. The molecule has 0 spiro atoms. The average Bonchev–Trinajstić information content (AvgIpc) is 2.36. The molecular formula is C14H22N2O. The number of aromatic amines is 1. The van der Waals surface area contributed by atoms with Gasteiger partial charge in [-0.05, 0) is 25.5 Å². The fraction of sp³-hybridized carbons (Fsp3) is 0.429. The summed E-state index contributed by atoms with van der Waals surface area (Å²) >= 11 is 0. The van der Waals surface area contributed by atoms with E-state index >= 15 is 0 Å². The average molecular weight is 234 g/mol. The van der Waals surface area contributed by atoms with Crippen molar-refractivity contribution in [1.82, 2.24) is 9.97 Å². The van der Waals surface area contributed by atoms with Gasteiger partial charge >= 0.3 is 0 Å². The van der Waals surface area contributed by atoms with Crippen LogP contribution in [0.4, 0.5) is 0 Å². The molecule has 3 nitrogen and oxygen atoms in total. The van der Waals surface area contributed by atoms with Gasteiger partial charge in [-0.15, -0.1) is 0 Å². The summed E-state index contributed by atoms with van der Waals surface area (Å²) in [5.74, 6) is 0.659. The molecule has 0 aliphatic carbocycles. The number of rotatable bonds is 0. The molecule has 0 aliphatic heterocycles. The van der Waals surface area contributed by atoms with Crippen LogP contribution in [0.3, 0.4) is 0 Å². The van der Waals surface area contributed by atoms with Crippen molar-refractivity contribution in [1.29, 1.82) is 0 Å². The number of fused-ring (bicyclic) bond motifs is 1. The first-order chi connectivity index (χ1) is 8.18. The van der Waals surface area contributed by atoms with Gasteiger partial charge in [-0.1, -0.05) is 39.8 Å². The fourth-order valence-electron chi connectivity index (χ4n) is 1.42. The number of nitrogens with zero attached hydrogens (tertiary/aromatic N) is 1. The van der Waals surface area contributed by atoms with Gasteiger partial charge in [0.2, 0.25) is 0 Å². The highest BCUT2D eigenvalue weighted by Gasteiger charge is 2.02. The highest BCUT2D eigenvalue weighted by atomic mass is 16.1. The van der Waals surface area contributed by atoms with E-state index in [0.717, 1.165) is 11.1 Å². The minimum Gasteiger partial charge on any atom is -0.310 e. The van der Waals surface area contributed by atoms with Gasteiger partial charge < -0.3 is 4.98 Å². The Labute approximate surface area is 103 Å². The highest BCUT2D eigenvalue weighted by molar-refractivity contribution is 5.80. The zero-order valence-corrected chi connectivity index (χ0v) is 11.6. The topological polar surface area (TPSA) is 45.8 Å². The monoisotopic (exact) mass is 234 g/mol. The number of hydrogen-bond acceptors (Lipinski definition) is 2. The van der Waals surface area contributed by atoms with Crippen molar-refractivity contribution >= 4 is 10.9 Å². The molecule has 0 saturated heterocycles. The molecule has 0 amide bonds. The van der Waals surface area contributed by atoms with Crippen LogP contribution in [0.15, 0.2) is 23.0 Å². The molecule has 1 aromatic carbocycles. The molecule has 0 unspecified atom stereocenters. The Morgan fingerprint density at radius 2 is 1.65 bits per heavy atom. The number of nitrogens with one attached hydrogen (secondary N) is 1. The lowest BCUT2D eigenvalue weighted by Crippen LogP contribution is -2.09. The Kier molecular flexibility index (Phi) is 6.87. The molecule has 2 aromatic rings. The Bertz CT molecular complexity index is 515. The minimum absolute atomic E-state index is 0.0637. The van der Waals surface area contributed by atoms with Crippen LogP contribution in [0.25, 0.3) is 10.9 Å². The lowest BCUT2D eigenvalue weighted by atomic mass is 10.1. The standard InChI is InChI=1S/C10H10N2O.2C2H6/c1-6-4-3-5-8-9(6)11-7(2)12-10(8)13;2*1-2/h3-5H,1-2H3,(H,11,12,13);2*1-2H3. The largest absolute Gasteiger partial charge is 0.310 e. The third-order valence-corrected chi connectivity index (χ3v) is 2.06. The van der Waals surface area contributed by atoms with E-state index in [2.05, 4.69) is 9.97 Å². The number of benzene rings is 1. The molecule has 0 fully saturated rings. The van der Waals surface area contributed by atoms with Gasteiger partial charge in [0.15, 0.2) is 0 Å². The summed E-state index contributed by atoms with van der Waals surface area (Å²) in [6.45, 7) is 11.7. The molecule has 1 N–H and O–H groups in total. The van der Waals surface area contributed by atoms with Crippen LogP contribution in [-0.4, -0.2) is 9.97 Å². The quantitative estimate of drug-likeness (QED) is 0.757. The lowest BCUT2D eigenvalue weighted by Gasteiger charge is -2.00. The Morgan fingerprint density at radius 3 is 2.24 bits per heavy atom. The third kappa shape index (κ3) is 3.70. The van der Waals surface area contributed by atoms with Crippen molar-refractivity contribution in [3.8, 4) is 0 Å². The lowest BCUT2D eigenvalue weighted by molar-refractivity contribution is 1.05. The molecule has 2 rings (SSSR count). The van der Waals surface area contributed by atoms with E-state index in [-0.39, 0.29) is 5.56 Å². The van der Waals surface area contributed by atoms with Crippen molar-refractivity contribution in [2.45, 2.75) is 41.5 Å². The van der Waals surface area contributed by atoms with Gasteiger partial charge in [0.1, 0.15) is 5.82 Å². The predicted octanol–water partition coefficient (Wildman–Crippen LogP) is 3.59. The number of hydrogen-bond donors (Lipinski definition) is 1. The second-order valence-corrected chi connectivity index (χ2v) is 3.12. The zero-order chi connectivity index (χ0) is 13.4. The van der Waals surface area contributed by atoms with Gasteiger partial charge in [-0.3, -0.25) is 4.79 Å².